The number of nitrogens with one attached hydrogen (secondary N) is 1. The molecule has 1 aliphatic heterocycles. The van der Waals surface area contributed by atoms with Crippen molar-refractivity contribution >= 4 is 33.3 Å². The van der Waals surface area contributed by atoms with Crippen LogP contribution in [0.15, 0.2) is 16.6 Å². The minimum atomic E-state index is -0.622. The summed E-state index contributed by atoms with van der Waals surface area (Å²) in [6.07, 6.45) is 2.43. The average Bonchev–Trinajstić information content (AvgIpc) is 2.86. The lowest BCUT2D eigenvalue weighted by Gasteiger charge is -2.26. The van der Waals surface area contributed by atoms with Crippen LogP contribution in [-0.2, 0) is 0 Å². The summed E-state index contributed by atoms with van der Waals surface area (Å²) in [6, 6.07) is 3.14. The molecular formula is C14H16BrClFNO. The van der Waals surface area contributed by atoms with Gasteiger partial charge in [-0.25, -0.2) is 4.39 Å². The van der Waals surface area contributed by atoms with Gasteiger partial charge in [0.1, 0.15) is 0 Å². The predicted molar refractivity (Wildman–Crippen MR) is 78.3 cm³/mol. The average molecular weight is 349 g/mol. The van der Waals surface area contributed by atoms with Gasteiger partial charge >= 0.3 is 0 Å². The van der Waals surface area contributed by atoms with E-state index in [0.29, 0.717) is 11.0 Å². The van der Waals surface area contributed by atoms with E-state index in [9.17, 15) is 9.18 Å². The molecule has 1 heterocycles. The van der Waals surface area contributed by atoms with Gasteiger partial charge in [0.15, 0.2) is 11.6 Å². The van der Waals surface area contributed by atoms with Crippen LogP contribution in [0.1, 0.15) is 36.5 Å². The lowest BCUT2D eigenvalue weighted by molar-refractivity contribution is 0.0797. The fraction of sp³-hybridized carbons (Fsp3) is 0.500. The Kier molecular flexibility index (Phi) is 4.64. The molecule has 1 fully saturated rings. The number of Topliss-reactive ketones (excluding diaryl/α,β-unsaturated/α-hetero) is 1. The molecule has 1 atom stereocenters. The SMILES string of the molecule is CCCC1(C(=O)c2ccc(Br)c(Cl)c2F)CCNC1. The molecule has 1 aromatic rings. The molecular weight excluding hydrogens is 333 g/mol. The molecule has 1 saturated heterocycles. The number of ketones is 1. The first kappa shape index (κ1) is 14.9. The van der Waals surface area contributed by atoms with E-state index < -0.39 is 11.2 Å². The van der Waals surface area contributed by atoms with Crippen LogP contribution >= 0.6 is 27.5 Å². The Labute approximate surface area is 125 Å². The minimum absolute atomic E-state index is 0.0246. The molecule has 2 nitrogen and oxygen atoms in total. The molecule has 1 unspecified atom stereocenters. The molecule has 1 aliphatic rings. The highest BCUT2D eigenvalue weighted by Crippen LogP contribution is 2.37. The largest absolute Gasteiger partial charge is 0.316 e. The second-order valence-electron chi connectivity index (χ2n) is 5.01. The summed E-state index contributed by atoms with van der Waals surface area (Å²) in [5, 5.41) is 3.18. The van der Waals surface area contributed by atoms with Crippen molar-refractivity contribution in [2.75, 3.05) is 13.1 Å². The van der Waals surface area contributed by atoms with Gasteiger partial charge in [-0.15, -0.1) is 0 Å². The van der Waals surface area contributed by atoms with Crippen molar-refractivity contribution in [2.45, 2.75) is 26.2 Å². The van der Waals surface area contributed by atoms with Crippen LogP contribution in [0, 0.1) is 11.2 Å². The Morgan fingerprint density at radius 2 is 2.32 bits per heavy atom. The van der Waals surface area contributed by atoms with Crippen LogP contribution in [0.5, 0.6) is 0 Å². The van der Waals surface area contributed by atoms with E-state index in [2.05, 4.69) is 21.2 Å². The van der Waals surface area contributed by atoms with Gasteiger partial charge < -0.3 is 5.32 Å². The molecule has 19 heavy (non-hydrogen) atoms. The highest BCUT2D eigenvalue weighted by atomic mass is 79.9. The van der Waals surface area contributed by atoms with E-state index in [1.807, 2.05) is 6.92 Å². The van der Waals surface area contributed by atoms with Crippen molar-refractivity contribution in [3.05, 3.63) is 33.0 Å². The van der Waals surface area contributed by atoms with Crippen LogP contribution in [0.25, 0.3) is 0 Å². The molecule has 0 radical (unpaired) electrons. The van der Waals surface area contributed by atoms with Gasteiger partial charge in [0, 0.05) is 16.4 Å². The normalized spacial score (nSPS) is 22.7. The summed E-state index contributed by atoms with van der Waals surface area (Å²) in [6.45, 7) is 3.46. The second kappa shape index (κ2) is 5.90. The number of carbonyl (C=O) groups excluding carboxylic acids is 1. The van der Waals surface area contributed by atoms with Crippen LogP contribution in [0.4, 0.5) is 4.39 Å². The zero-order valence-electron chi connectivity index (χ0n) is 10.7. The molecule has 1 aromatic carbocycles. The summed E-state index contributed by atoms with van der Waals surface area (Å²) < 4.78 is 14.6. The van der Waals surface area contributed by atoms with E-state index in [-0.39, 0.29) is 16.4 Å². The molecule has 0 bridgehead atoms. The first-order chi connectivity index (χ1) is 9.02. The van der Waals surface area contributed by atoms with Crippen LogP contribution in [-0.4, -0.2) is 18.9 Å². The van der Waals surface area contributed by atoms with Crippen LogP contribution in [0.3, 0.4) is 0 Å². The third-order valence-corrected chi connectivity index (χ3v) is 4.99. The van der Waals surface area contributed by atoms with Gasteiger partial charge in [-0.3, -0.25) is 4.79 Å². The first-order valence-corrected chi connectivity index (χ1v) is 7.58. The molecule has 0 amide bonds. The quantitative estimate of drug-likeness (QED) is 0.652. The van der Waals surface area contributed by atoms with Gasteiger partial charge in [-0.2, -0.15) is 0 Å². The van der Waals surface area contributed by atoms with Crippen molar-refractivity contribution in [2.24, 2.45) is 5.41 Å². The fourth-order valence-electron chi connectivity index (χ4n) is 2.73. The molecule has 0 spiro atoms. The lowest BCUT2D eigenvalue weighted by atomic mass is 9.76. The van der Waals surface area contributed by atoms with Crippen molar-refractivity contribution in [3.63, 3.8) is 0 Å². The Bertz CT molecular complexity index is 500. The van der Waals surface area contributed by atoms with Crippen molar-refractivity contribution in [3.8, 4) is 0 Å². The summed E-state index contributed by atoms with van der Waals surface area (Å²) in [7, 11) is 0. The number of halogens is 3. The highest BCUT2D eigenvalue weighted by molar-refractivity contribution is 9.10. The topological polar surface area (TPSA) is 29.1 Å². The zero-order chi connectivity index (χ0) is 14.0. The summed E-state index contributed by atoms with van der Waals surface area (Å²) in [5.74, 6) is -0.755. The summed E-state index contributed by atoms with van der Waals surface area (Å²) in [5.41, 5.74) is -0.377. The van der Waals surface area contributed by atoms with Crippen molar-refractivity contribution in [1.82, 2.24) is 5.32 Å². The number of benzene rings is 1. The van der Waals surface area contributed by atoms with Crippen molar-refractivity contribution < 1.29 is 9.18 Å². The Hall–Kier alpha value is -0.450. The Morgan fingerprint density at radius 3 is 2.89 bits per heavy atom. The van der Waals surface area contributed by atoms with Crippen LogP contribution < -0.4 is 5.32 Å². The van der Waals surface area contributed by atoms with Crippen molar-refractivity contribution in [1.29, 1.82) is 0 Å². The summed E-state index contributed by atoms with van der Waals surface area (Å²) >= 11 is 9.03. The van der Waals surface area contributed by atoms with Crippen LogP contribution in [0.2, 0.25) is 5.02 Å². The molecule has 2 rings (SSSR count). The standard InChI is InChI=1S/C14H16BrClFNO/c1-2-5-14(6-7-18-8-14)13(19)9-3-4-10(15)11(16)12(9)17/h3-4,18H,2,5-8H2,1H3. The van der Waals surface area contributed by atoms with E-state index in [1.165, 1.54) is 6.07 Å². The maximum atomic E-state index is 14.2. The number of hydrogen-bond donors (Lipinski definition) is 1. The third-order valence-electron chi connectivity index (χ3n) is 3.73. The van der Waals surface area contributed by atoms with E-state index in [1.54, 1.807) is 6.07 Å². The number of carbonyl (C=O) groups is 1. The van der Waals surface area contributed by atoms with Gasteiger partial charge in [0.05, 0.1) is 10.6 Å². The van der Waals surface area contributed by atoms with E-state index >= 15 is 0 Å². The Balaban J connectivity index is 2.40. The monoisotopic (exact) mass is 347 g/mol. The summed E-state index contributed by atoms with van der Waals surface area (Å²) in [4.78, 5) is 12.7. The van der Waals surface area contributed by atoms with E-state index in [4.69, 9.17) is 11.6 Å². The second-order valence-corrected chi connectivity index (χ2v) is 6.24. The Morgan fingerprint density at radius 1 is 1.58 bits per heavy atom. The van der Waals surface area contributed by atoms with Gasteiger partial charge in [0.2, 0.25) is 0 Å². The minimum Gasteiger partial charge on any atom is -0.316 e. The molecule has 0 aliphatic carbocycles. The molecule has 0 aromatic heterocycles. The van der Waals surface area contributed by atoms with Gasteiger partial charge in [-0.1, -0.05) is 24.9 Å². The number of rotatable bonds is 4. The van der Waals surface area contributed by atoms with E-state index in [0.717, 1.165) is 25.8 Å². The third kappa shape index (κ3) is 2.71. The van der Waals surface area contributed by atoms with Gasteiger partial charge in [0.25, 0.3) is 0 Å². The molecule has 1 N–H and O–H groups in total. The maximum Gasteiger partial charge on any atom is 0.173 e. The smallest absolute Gasteiger partial charge is 0.173 e. The molecule has 104 valence electrons. The zero-order valence-corrected chi connectivity index (χ0v) is 13.1. The first-order valence-electron chi connectivity index (χ1n) is 6.41. The molecule has 0 saturated carbocycles. The van der Waals surface area contributed by atoms with Gasteiger partial charge in [-0.05, 0) is 47.4 Å². The fourth-order valence-corrected chi connectivity index (χ4v) is 3.20. The predicted octanol–water partition coefficient (Wildman–Crippen LogP) is 4.20. The highest BCUT2D eigenvalue weighted by Gasteiger charge is 2.41. The lowest BCUT2D eigenvalue weighted by Crippen LogP contribution is -2.34. The maximum absolute atomic E-state index is 14.2. The molecule has 5 heteroatoms. The number of hydrogen-bond acceptors (Lipinski definition) is 2.